The summed E-state index contributed by atoms with van der Waals surface area (Å²) in [4.78, 5) is 13.0. The highest BCUT2D eigenvalue weighted by Gasteiger charge is 2.50. The molecule has 12 atom stereocenters. The molecular formula is C43H77NO13. The average molecular weight is 816 g/mol. The van der Waals surface area contributed by atoms with Crippen molar-refractivity contribution in [1.29, 1.82) is 0 Å². The number of amides is 1. The third-order valence-corrected chi connectivity index (χ3v) is 10.5. The lowest BCUT2D eigenvalue weighted by molar-refractivity contribution is -0.359. The summed E-state index contributed by atoms with van der Waals surface area (Å²) in [5, 5.41) is 86.2. The summed E-state index contributed by atoms with van der Waals surface area (Å²) in [7, 11) is 0. The van der Waals surface area contributed by atoms with Gasteiger partial charge in [0.15, 0.2) is 12.6 Å². The molecule has 12 unspecified atom stereocenters. The zero-order valence-corrected chi connectivity index (χ0v) is 34.6. The summed E-state index contributed by atoms with van der Waals surface area (Å²) < 4.78 is 22.5. The van der Waals surface area contributed by atoms with Crippen LogP contribution in [0.1, 0.15) is 136 Å². The number of ether oxygens (including phenoxy) is 4. The summed E-state index contributed by atoms with van der Waals surface area (Å²) in [5.41, 5.74) is 0. The number of carbonyl (C=O) groups is 1. The van der Waals surface area contributed by atoms with Gasteiger partial charge < -0.3 is 65.1 Å². The Hall–Kier alpha value is -1.79. The molecule has 0 aromatic rings. The van der Waals surface area contributed by atoms with Gasteiger partial charge in [-0.25, -0.2) is 0 Å². The molecule has 2 aliphatic rings. The molecule has 1 amide bonds. The quantitative estimate of drug-likeness (QED) is 0.0361. The van der Waals surface area contributed by atoms with Gasteiger partial charge in [0.2, 0.25) is 5.91 Å². The number of nitrogens with one attached hydrogen (secondary N) is 1. The fourth-order valence-corrected chi connectivity index (χ4v) is 6.89. The fourth-order valence-electron chi connectivity index (χ4n) is 6.89. The van der Waals surface area contributed by atoms with Crippen molar-refractivity contribution in [3.05, 3.63) is 36.5 Å². The SMILES string of the molecule is CCCCCC/C=C\CCCCCCCC(=O)NC(COC1OC(CO)C(OC2OC(CO)C(O)C(O)C2O)C(O)C1O)C(O)/C=C/CC/C=C/CCCCCC. The molecule has 0 saturated carbocycles. The van der Waals surface area contributed by atoms with Gasteiger partial charge in [-0.05, 0) is 57.8 Å². The molecule has 2 saturated heterocycles. The van der Waals surface area contributed by atoms with Gasteiger partial charge in [0, 0.05) is 6.42 Å². The Morgan fingerprint density at radius 1 is 0.614 bits per heavy atom. The van der Waals surface area contributed by atoms with E-state index in [-0.39, 0.29) is 18.9 Å². The number of rotatable bonds is 31. The minimum atomic E-state index is -1.79. The van der Waals surface area contributed by atoms with Crippen LogP contribution >= 0.6 is 0 Å². The molecular weight excluding hydrogens is 738 g/mol. The maximum absolute atomic E-state index is 13.0. The molecule has 2 heterocycles. The van der Waals surface area contributed by atoms with E-state index in [9.17, 15) is 45.6 Å². The van der Waals surface area contributed by atoms with Crippen LogP contribution in [0.2, 0.25) is 0 Å². The first kappa shape index (κ1) is 51.4. The molecule has 0 aliphatic carbocycles. The lowest BCUT2D eigenvalue weighted by Crippen LogP contribution is -2.65. The lowest BCUT2D eigenvalue weighted by atomic mass is 9.97. The molecule has 14 heteroatoms. The van der Waals surface area contributed by atoms with Gasteiger partial charge in [0.1, 0.15) is 48.8 Å². The van der Waals surface area contributed by atoms with Gasteiger partial charge in [-0.1, -0.05) is 108 Å². The van der Waals surface area contributed by atoms with Crippen molar-refractivity contribution >= 4 is 5.91 Å². The normalized spacial score (nSPS) is 29.4. The highest BCUT2D eigenvalue weighted by Crippen LogP contribution is 2.29. The monoisotopic (exact) mass is 816 g/mol. The first-order valence-corrected chi connectivity index (χ1v) is 21.7. The Balaban J connectivity index is 1.94. The van der Waals surface area contributed by atoms with Crippen molar-refractivity contribution in [3.8, 4) is 0 Å². The summed E-state index contributed by atoms with van der Waals surface area (Å²) in [6.45, 7) is 2.66. The number of hydrogen-bond acceptors (Lipinski definition) is 13. The van der Waals surface area contributed by atoms with E-state index in [4.69, 9.17) is 18.9 Å². The number of unbranched alkanes of at least 4 members (excludes halogenated alkanes) is 14. The molecule has 0 aromatic carbocycles. The summed E-state index contributed by atoms with van der Waals surface area (Å²) in [6, 6.07) is -0.930. The standard InChI is InChI=1S/C43H77NO13/c1-3-5-7-9-11-13-15-16-17-19-21-23-25-27-35(48)44-31(32(47)26-24-22-20-18-14-12-10-8-6-4-2)30-54-42-40(53)38(51)41(34(29-46)56-42)57-43-39(52)37(50)36(49)33(28-45)55-43/h13-15,18,24,26,31-34,36-43,45-47,49-53H,3-12,16-17,19-23,25,27-30H2,1-2H3,(H,44,48)/b15-13-,18-14+,26-24+. The highest BCUT2D eigenvalue weighted by atomic mass is 16.7. The Bertz CT molecular complexity index is 1100. The Morgan fingerprint density at radius 3 is 1.72 bits per heavy atom. The summed E-state index contributed by atoms with van der Waals surface area (Å²) in [5.74, 6) is -0.264. The van der Waals surface area contributed by atoms with Crippen LogP contribution in [0, 0.1) is 0 Å². The van der Waals surface area contributed by atoms with Gasteiger partial charge in [-0.2, -0.15) is 0 Å². The van der Waals surface area contributed by atoms with Crippen molar-refractivity contribution in [2.75, 3.05) is 19.8 Å². The number of hydrogen-bond donors (Lipinski definition) is 9. The van der Waals surface area contributed by atoms with Gasteiger partial charge in [-0.15, -0.1) is 0 Å². The first-order valence-electron chi connectivity index (χ1n) is 21.7. The van der Waals surface area contributed by atoms with Crippen LogP contribution in [0.4, 0.5) is 0 Å². The zero-order valence-electron chi connectivity index (χ0n) is 34.6. The number of carbonyl (C=O) groups excluding carboxylic acids is 1. The second-order valence-electron chi connectivity index (χ2n) is 15.5. The van der Waals surface area contributed by atoms with E-state index >= 15 is 0 Å². The van der Waals surface area contributed by atoms with Gasteiger partial charge in [0.05, 0.1) is 32.0 Å². The molecule has 0 radical (unpaired) electrons. The maximum atomic E-state index is 13.0. The lowest BCUT2D eigenvalue weighted by Gasteiger charge is -2.46. The Morgan fingerprint density at radius 2 is 1.12 bits per heavy atom. The zero-order chi connectivity index (χ0) is 41.8. The van der Waals surface area contributed by atoms with E-state index in [1.165, 1.54) is 51.4 Å². The third-order valence-electron chi connectivity index (χ3n) is 10.5. The van der Waals surface area contributed by atoms with Crippen LogP contribution in [0.25, 0.3) is 0 Å². The van der Waals surface area contributed by atoms with Crippen LogP contribution in [-0.2, 0) is 23.7 Å². The Kier molecular flexibility index (Phi) is 28.1. The third kappa shape index (κ3) is 19.9. The van der Waals surface area contributed by atoms with E-state index in [0.29, 0.717) is 12.8 Å². The molecule has 0 aromatic heterocycles. The molecule has 2 rings (SSSR count). The molecule has 0 bridgehead atoms. The largest absolute Gasteiger partial charge is 0.394 e. The molecule has 2 aliphatic heterocycles. The molecule has 0 spiro atoms. The van der Waals surface area contributed by atoms with E-state index in [0.717, 1.165) is 51.4 Å². The van der Waals surface area contributed by atoms with Gasteiger partial charge in [-0.3, -0.25) is 4.79 Å². The second-order valence-corrected chi connectivity index (χ2v) is 15.5. The fraction of sp³-hybridized carbons (Fsp3) is 0.837. The minimum Gasteiger partial charge on any atom is -0.394 e. The van der Waals surface area contributed by atoms with Crippen molar-refractivity contribution in [2.45, 2.75) is 209 Å². The predicted octanol–water partition coefficient (Wildman–Crippen LogP) is 3.59. The van der Waals surface area contributed by atoms with Gasteiger partial charge >= 0.3 is 0 Å². The molecule has 332 valence electrons. The number of aliphatic hydroxyl groups is 8. The number of aliphatic hydroxyl groups excluding tert-OH is 8. The second kappa shape index (κ2) is 31.1. The predicted molar refractivity (Wildman–Crippen MR) is 217 cm³/mol. The van der Waals surface area contributed by atoms with Crippen LogP contribution in [0.15, 0.2) is 36.5 Å². The smallest absolute Gasteiger partial charge is 0.220 e. The van der Waals surface area contributed by atoms with Crippen molar-refractivity contribution in [1.82, 2.24) is 5.32 Å². The summed E-state index contributed by atoms with van der Waals surface area (Å²) >= 11 is 0. The van der Waals surface area contributed by atoms with Crippen molar-refractivity contribution < 1.29 is 64.6 Å². The molecule has 57 heavy (non-hydrogen) atoms. The van der Waals surface area contributed by atoms with Crippen molar-refractivity contribution in [2.24, 2.45) is 0 Å². The topological polar surface area (TPSA) is 228 Å². The van der Waals surface area contributed by atoms with Crippen LogP contribution in [0.3, 0.4) is 0 Å². The van der Waals surface area contributed by atoms with Gasteiger partial charge in [0.25, 0.3) is 0 Å². The van der Waals surface area contributed by atoms with E-state index in [1.54, 1.807) is 6.08 Å². The maximum Gasteiger partial charge on any atom is 0.220 e. The minimum absolute atomic E-state index is 0.262. The highest BCUT2D eigenvalue weighted by molar-refractivity contribution is 5.76. The van der Waals surface area contributed by atoms with Crippen molar-refractivity contribution in [3.63, 3.8) is 0 Å². The molecule has 14 nitrogen and oxygen atoms in total. The summed E-state index contributed by atoms with van der Waals surface area (Å²) in [6.07, 6.45) is 14.9. The van der Waals surface area contributed by atoms with E-state index in [1.807, 2.05) is 6.08 Å². The van der Waals surface area contributed by atoms with Crippen LogP contribution in [0.5, 0.6) is 0 Å². The molecule has 2 fully saturated rings. The van der Waals surface area contributed by atoms with E-state index < -0.39 is 86.8 Å². The van der Waals surface area contributed by atoms with E-state index in [2.05, 4.69) is 43.5 Å². The van der Waals surface area contributed by atoms with Crippen LogP contribution < -0.4 is 5.32 Å². The molecule has 9 N–H and O–H groups in total. The van der Waals surface area contributed by atoms with Crippen LogP contribution in [-0.4, -0.2) is 140 Å². The average Bonchev–Trinajstić information content (AvgIpc) is 3.21. The Labute approximate surface area is 341 Å². The number of allylic oxidation sites excluding steroid dienone is 5. The first-order chi connectivity index (χ1) is 27.6.